The van der Waals surface area contributed by atoms with Crippen LogP contribution in [0.2, 0.25) is 5.02 Å². The Labute approximate surface area is 158 Å². The van der Waals surface area contributed by atoms with Crippen LogP contribution in [0.3, 0.4) is 0 Å². The van der Waals surface area contributed by atoms with Crippen molar-refractivity contribution >= 4 is 28.5 Å². The molecular weight excluding hydrogens is 374 g/mol. The molecular formula is C18H15ClN3O3S-. The Morgan fingerprint density at radius 1 is 1.12 bits per heavy atom. The molecule has 0 aliphatic carbocycles. The van der Waals surface area contributed by atoms with Gasteiger partial charge in [-0.2, -0.15) is 0 Å². The molecule has 2 aromatic heterocycles. The zero-order chi connectivity index (χ0) is 18.7. The van der Waals surface area contributed by atoms with Gasteiger partial charge >= 0.3 is 0 Å². The van der Waals surface area contributed by atoms with Crippen LogP contribution in [-0.2, 0) is 16.8 Å². The second kappa shape index (κ2) is 7.82. The summed E-state index contributed by atoms with van der Waals surface area (Å²) in [5.41, 5.74) is 9.90. The van der Waals surface area contributed by atoms with Crippen LogP contribution in [0.15, 0.2) is 48.8 Å². The summed E-state index contributed by atoms with van der Waals surface area (Å²) in [6.45, 7) is 0. The van der Waals surface area contributed by atoms with Crippen molar-refractivity contribution in [3.63, 3.8) is 0 Å². The quantitative estimate of drug-likeness (QED) is 0.672. The molecule has 0 saturated heterocycles. The van der Waals surface area contributed by atoms with Crippen LogP contribution in [0, 0.1) is 0 Å². The monoisotopic (exact) mass is 388 g/mol. The second-order valence-electron chi connectivity index (χ2n) is 5.52. The SMILES string of the molecule is COc1ncc(-c2cc(-c3ccc(CS(=O)[O-])cc3)cnc2N)cc1Cl. The highest BCUT2D eigenvalue weighted by molar-refractivity contribution is 7.78. The lowest BCUT2D eigenvalue weighted by Crippen LogP contribution is -1.97. The van der Waals surface area contributed by atoms with Crippen molar-refractivity contribution in [2.24, 2.45) is 0 Å². The second-order valence-corrected chi connectivity index (χ2v) is 6.82. The van der Waals surface area contributed by atoms with Gasteiger partial charge in [0.1, 0.15) is 10.8 Å². The molecule has 0 aliphatic rings. The summed E-state index contributed by atoms with van der Waals surface area (Å²) in [5.74, 6) is 0.682. The lowest BCUT2D eigenvalue weighted by atomic mass is 10.0. The standard InChI is InChI=1S/C18H16ClN3O3S/c1-25-18-16(19)7-14(9-22-18)15-6-13(8-21-17(15)20)12-4-2-11(3-5-12)10-26(23)24/h2-9H,10H2,1H3,(H2,20,21)(H,23,24)/p-1. The zero-order valence-corrected chi connectivity index (χ0v) is 15.4. The molecule has 134 valence electrons. The first-order valence-corrected chi connectivity index (χ1v) is 9.20. The van der Waals surface area contributed by atoms with E-state index in [2.05, 4.69) is 9.97 Å². The van der Waals surface area contributed by atoms with Gasteiger partial charge in [0.15, 0.2) is 0 Å². The summed E-state index contributed by atoms with van der Waals surface area (Å²) >= 11 is 4.04. The van der Waals surface area contributed by atoms with E-state index in [9.17, 15) is 8.76 Å². The third-order valence-electron chi connectivity index (χ3n) is 3.80. The molecule has 1 unspecified atom stereocenters. The smallest absolute Gasteiger partial charge is 0.232 e. The molecule has 2 N–H and O–H groups in total. The Kier molecular flexibility index (Phi) is 5.51. The Morgan fingerprint density at radius 2 is 1.81 bits per heavy atom. The van der Waals surface area contributed by atoms with Crippen molar-refractivity contribution in [3.05, 3.63) is 59.4 Å². The molecule has 0 bridgehead atoms. The number of aromatic nitrogens is 2. The van der Waals surface area contributed by atoms with E-state index < -0.39 is 11.1 Å². The van der Waals surface area contributed by atoms with E-state index in [0.29, 0.717) is 22.3 Å². The fraction of sp³-hybridized carbons (Fsp3) is 0.111. The minimum absolute atomic E-state index is 0.0124. The fourth-order valence-electron chi connectivity index (χ4n) is 2.52. The van der Waals surface area contributed by atoms with Gasteiger partial charge in [-0.3, -0.25) is 4.21 Å². The van der Waals surface area contributed by atoms with Gasteiger partial charge < -0.3 is 15.0 Å². The number of anilines is 1. The number of nitrogens with two attached hydrogens (primary N) is 1. The Hall–Kier alpha value is -2.48. The Bertz CT molecular complexity index is 964. The number of methoxy groups -OCH3 is 1. The van der Waals surface area contributed by atoms with E-state index in [-0.39, 0.29) is 5.75 Å². The van der Waals surface area contributed by atoms with E-state index in [1.54, 1.807) is 30.6 Å². The predicted octanol–water partition coefficient (Wildman–Crippen LogP) is 3.43. The van der Waals surface area contributed by atoms with Crippen molar-refractivity contribution in [1.29, 1.82) is 0 Å². The summed E-state index contributed by atoms with van der Waals surface area (Å²) < 4.78 is 26.6. The third kappa shape index (κ3) is 4.01. The molecule has 0 aliphatic heterocycles. The Balaban J connectivity index is 1.97. The summed E-state index contributed by atoms with van der Waals surface area (Å²) in [7, 11) is 1.50. The first kappa shape index (κ1) is 18.3. The van der Waals surface area contributed by atoms with Gasteiger partial charge in [-0.1, -0.05) is 46.9 Å². The van der Waals surface area contributed by atoms with Crippen molar-refractivity contribution < 1.29 is 13.5 Å². The summed E-state index contributed by atoms with van der Waals surface area (Å²) in [6.07, 6.45) is 3.28. The first-order valence-electron chi connectivity index (χ1n) is 7.58. The number of benzene rings is 1. The number of pyridine rings is 2. The summed E-state index contributed by atoms with van der Waals surface area (Å²) in [5, 5.41) is 0.379. The van der Waals surface area contributed by atoms with Crippen LogP contribution in [0.25, 0.3) is 22.3 Å². The molecule has 0 fully saturated rings. The Morgan fingerprint density at radius 3 is 2.42 bits per heavy atom. The van der Waals surface area contributed by atoms with Crippen LogP contribution in [-0.4, -0.2) is 25.8 Å². The molecule has 3 rings (SSSR count). The van der Waals surface area contributed by atoms with Crippen LogP contribution in [0.4, 0.5) is 5.82 Å². The fourth-order valence-corrected chi connectivity index (χ4v) is 3.22. The van der Waals surface area contributed by atoms with Gasteiger partial charge in [0.05, 0.1) is 7.11 Å². The van der Waals surface area contributed by atoms with E-state index >= 15 is 0 Å². The largest absolute Gasteiger partial charge is 0.772 e. The zero-order valence-electron chi connectivity index (χ0n) is 13.8. The molecule has 6 nitrogen and oxygen atoms in total. The highest BCUT2D eigenvalue weighted by Crippen LogP contribution is 2.33. The number of halogens is 1. The maximum absolute atomic E-state index is 10.8. The molecule has 2 heterocycles. The molecule has 0 saturated carbocycles. The number of rotatable bonds is 5. The van der Waals surface area contributed by atoms with Gasteiger partial charge in [-0.15, -0.1) is 0 Å². The van der Waals surface area contributed by atoms with Crippen LogP contribution in [0.1, 0.15) is 5.56 Å². The molecule has 0 amide bonds. The van der Waals surface area contributed by atoms with Gasteiger partial charge in [-0.25, -0.2) is 9.97 Å². The average molecular weight is 389 g/mol. The van der Waals surface area contributed by atoms with Gasteiger partial charge in [0.25, 0.3) is 0 Å². The van der Waals surface area contributed by atoms with E-state index in [0.717, 1.165) is 22.3 Å². The first-order chi connectivity index (χ1) is 12.5. The number of ether oxygens (including phenoxy) is 1. The lowest BCUT2D eigenvalue weighted by Gasteiger charge is -2.10. The van der Waals surface area contributed by atoms with Crippen molar-refractivity contribution in [1.82, 2.24) is 9.97 Å². The number of nitrogens with zero attached hydrogens (tertiary/aromatic N) is 2. The molecule has 3 aromatic rings. The van der Waals surface area contributed by atoms with E-state index in [1.807, 2.05) is 18.2 Å². The normalized spacial score (nSPS) is 12.0. The van der Waals surface area contributed by atoms with Crippen molar-refractivity contribution in [3.8, 4) is 28.1 Å². The highest BCUT2D eigenvalue weighted by atomic mass is 35.5. The number of hydrogen-bond acceptors (Lipinski definition) is 6. The molecule has 0 spiro atoms. The van der Waals surface area contributed by atoms with Gasteiger partial charge in [-0.05, 0) is 23.3 Å². The van der Waals surface area contributed by atoms with Crippen molar-refractivity contribution in [2.45, 2.75) is 5.75 Å². The molecule has 1 atom stereocenters. The van der Waals surface area contributed by atoms with Gasteiger partial charge in [0.2, 0.25) is 5.88 Å². The van der Waals surface area contributed by atoms with E-state index in [1.165, 1.54) is 7.11 Å². The highest BCUT2D eigenvalue weighted by Gasteiger charge is 2.11. The molecule has 8 heteroatoms. The van der Waals surface area contributed by atoms with Crippen LogP contribution >= 0.6 is 11.6 Å². The topological polar surface area (TPSA) is 101 Å². The average Bonchev–Trinajstić information content (AvgIpc) is 2.62. The summed E-state index contributed by atoms with van der Waals surface area (Å²) in [4.78, 5) is 8.41. The predicted molar refractivity (Wildman–Crippen MR) is 102 cm³/mol. The van der Waals surface area contributed by atoms with E-state index in [4.69, 9.17) is 22.1 Å². The molecule has 1 aromatic carbocycles. The molecule has 0 radical (unpaired) electrons. The number of hydrogen-bond donors (Lipinski definition) is 1. The minimum Gasteiger partial charge on any atom is -0.772 e. The maximum Gasteiger partial charge on any atom is 0.232 e. The van der Waals surface area contributed by atoms with Crippen LogP contribution < -0.4 is 10.5 Å². The van der Waals surface area contributed by atoms with Crippen molar-refractivity contribution in [2.75, 3.05) is 12.8 Å². The minimum atomic E-state index is -2.11. The number of nitrogen functional groups attached to an aromatic ring is 1. The maximum atomic E-state index is 10.8. The lowest BCUT2D eigenvalue weighted by molar-refractivity contribution is 0.398. The van der Waals surface area contributed by atoms with Crippen LogP contribution in [0.5, 0.6) is 5.88 Å². The summed E-state index contributed by atoms with van der Waals surface area (Å²) in [6, 6.07) is 10.8. The molecule has 26 heavy (non-hydrogen) atoms. The third-order valence-corrected chi connectivity index (χ3v) is 4.64. The van der Waals surface area contributed by atoms with Gasteiger partial charge in [0, 0.05) is 34.8 Å².